The van der Waals surface area contributed by atoms with Gasteiger partial charge in [0.1, 0.15) is 57.2 Å². The number of carbonyl (C=O) groups excluding carboxylic acids is 5. The number of aryl methyl sites for hydroxylation is 3. The molecule has 7 rings (SSSR count). The van der Waals surface area contributed by atoms with Crippen molar-refractivity contribution in [2.45, 2.75) is 72.6 Å². The van der Waals surface area contributed by atoms with Crippen LogP contribution in [-0.2, 0) is 19.2 Å². The molecule has 0 radical (unpaired) electrons. The van der Waals surface area contributed by atoms with Gasteiger partial charge in [0.05, 0.1) is 56.8 Å². The zero-order valence-electron chi connectivity index (χ0n) is 45.5. The number of nitrogens with zero attached hydrogens (tertiary/aromatic N) is 6. The van der Waals surface area contributed by atoms with Crippen LogP contribution in [0, 0.1) is 60.6 Å². The molecule has 0 spiro atoms. The molecule has 0 aliphatic heterocycles. The van der Waals surface area contributed by atoms with E-state index >= 15 is 0 Å². The molecule has 0 aliphatic rings. The van der Waals surface area contributed by atoms with Gasteiger partial charge in [-0.2, -0.15) is 28.9 Å². The van der Waals surface area contributed by atoms with E-state index in [-0.39, 0.29) is 5.82 Å². The van der Waals surface area contributed by atoms with Gasteiger partial charge in [0.25, 0.3) is 5.91 Å². The molecule has 0 saturated heterocycles. The van der Waals surface area contributed by atoms with Crippen molar-refractivity contribution in [2.75, 3.05) is 32.3 Å². The zero-order valence-corrected chi connectivity index (χ0v) is 51.1. The fraction of sp³-hybridized carbons (Fsp3) is 0.212. The van der Waals surface area contributed by atoms with Crippen LogP contribution >= 0.6 is 66.5 Å². The first-order valence-electron chi connectivity index (χ1n) is 23.6. The van der Waals surface area contributed by atoms with Crippen LogP contribution in [0.5, 0.6) is 0 Å². The van der Waals surface area contributed by atoms with Gasteiger partial charge in [0.2, 0.25) is 23.6 Å². The van der Waals surface area contributed by atoms with Crippen molar-refractivity contribution in [3.8, 4) is 18.2 Å². The van der Waals surface area contributed by atoms with Gasteiger partial charge in [-0.1, -0.05) is 0 Å². The Hall–Kier alpha value is -8.84. The number of nitrogens with two attached hydrogens (primary N) is 7. The van der Waals surface area contributed by atoms with E-state index in [1.54, 1.807) is 82.3 Å². The largest absolute Gasteiger partial charge is 0.389 e. The fourth-order valence-corrected chi connectivity index (χ4v) is 8.30. The number of rotatable bonds is 15. The average molecular weight is 1330 g/mol. The molecule has 0 unspecified atom stereocenters. The molecule has 31 heteroatoms. The van der Waals surface area contributed by atoms with Gasteiger partial charge >= 0.3 is 0 Å². The van der Waals surface area contributed by atoms with Crippen LogP contribution in [0.1, 0.15) is 71.8 Å². The highest BCUT2D eigenvalue weighted by atomic mass is 79.9. The van der Waals surface area contributed by atoms with E-state index in [0.29, 0.717) is 53.9 Å². The van der Waals surface area contributed by atoms with Crippen molar-refractivity contribution in [2.24, 2.45) is 34.4 Å². The van der Waals surface area contributed by atoms with Gasteiger partial charge in [-0.25, -0.2) is 4.39 Å². The van der Waals surface area contributed by atoms with E-state index in [9.17, 15) is 28.4 Å². The van der Waals surface area contributed by atoms with Crippen molar-refractivity contribution in [3.05, 3.63) is 145 Å². The van der Waals surface area contributed by atoms with Crippen LogP contribution in [-0.4, -0.2) is 77.3 Å². The summed E-state index contributed by atoms with van der Waals surface area (Å²) < 4.78 is 25.8. The molecule has 440 valence electrons. The number of amides is 5. The van der Waals surface area contributed by atoms with Gasteiger partial charge < -0.3 is 66.7 Å². The predicted molar refractivity (Wildman–Crippen MR) is 330 cm³/mol. The first-order valence-corrected chi connectivity index (χ1v) is 27.5. The molecule has 21 N–H and O–H groups in total. The molecule has 5 amide bonds. The van der Waals surface area contributed by atoms with Crippen molar-refractivity contribution in [3.63, 3.8) is 0 Å². The van der Waals surface area contributed by atoms with E-state index < -0.39 is 53.7 Å². The third-order valence-electron chi connectivity index (χ3n) is 9.86. The number of benzene rings is 4. The molecule has 7 aromatic rings. The Bertz CT molecular complexity index is 3400. The Morgan fingerprint density at radius 1 is 0.542 bits per heavy atom. The normalized spacial score (nSPS) is 11.0. The number of hydrogen-bond donors (Lipinski definition) is 14. The molecule has 0 fully saturated rings. The smallest absolute Gasteiger partial charge is 0.250 e. The lowest BCUT2D eigenvalue weighted by Crippen LogP contribution is -2.32. The van der Waals surface area contributed by atoms with E-state index in [4.69, 9.17) is 60.7 Å². The predicted octanol–water partition coefficient (Wildman–Crippen LogP) is 7.87. The number of nitrogen functional groups attached to an aromatic ring is 1. The van der Waals surface area contributed by atoms with Crippen molar-refractivity contribution >= 4 is 139 Å². The quantitative estimate of drug-likeness (QED) is 0.0343. The van der Waals surface area contributed by atoms with Gasteiger partial charge in [-0.05, 0) is 206 Å². The lowest BCUT2D eigenvalue weighted by Gasteiger charge is -2.15. The second-order valence-corrected chi connectivity index (χ2v) is 21.0. The molecule has 3 heterocycles. The summed E-state index contributed by atoms with van der Waals surface area (Å²) >= 11 is 10.2. The Balaban J connectivity index is 0.000000522. The summed E-state index contributed by atoms with van der Waals surface area (Å²) in [6, 6.07) is 28.9. The summed E-state index contributed by atoms with van der Waals surface area (Å²) in [5, 5.41) is 55.9. The monoisotopic (exact) mass is 1320 g/mol. The SMILES string of the molecule is C[C@@H](N)C(N)=O.C[C@@H](Nc1ccc(C#N)c(Br)c1)C(N)=O.Cc1cc(N)sn1.Cc1cc(Nc2cc(N[C@H](C)C(N)=O)ccc2C#N)sn1.Cc1cc(Nc2cc(N[C@H](C)C(N)=O)ccc2C(N)=O)sn1.N#Cc1ccc(F)cc1Br.OO. The van der Waals surface area contributed by atoms with E-state index in [0.717, 1.165) is 37.8 Å². The zero-order chi connectivity index (χ0) is 63.1. The lowest BCUT2D eigenvalue weighted by atomic mass is 10.1. The molecule has 0 bridgehead atoms. The molecule has 25 nitrogen and oxygen atoms in total. The molecule has 4 atom stereocenters. The molecule has 4 aromatic carbocycles. The van der Waals surface area contributed by atoms with Crippen molar-refractivity contribution in [1.29, 1.82) is 15.8 Å². The molecular formula is C52H61Br2FN18O7S3. The maximum Gasteiger partial charge on any atom is 0.250 e. The summed E-state index contributed by atoms with van der Waals surface area (Å²) in [7, 11) is 0. The van der Waals surface area contributed by atoms with Crippen LogP contribution < -0.4 is 66.7 Å². The topological polar surface area (TPSA) is 478 Å². The molecule has 0 aliphatic carbocycles. The highest BCUT2D eigenvalue weighted by Crippen LogP contribution is 2.29. The Morgan fingerprint density at radius 2 is 0.904 bits per heavy atom. The molecule has 0 saturated carbocycles. The number of carbonyl (C=O) groups is 5. The maximum atomic E-state index is 12.3. The van der Waals surface area contributed by atoms with Gasteiger partial charge in [-0.3, -0.25) is 34.5 Å². The number of nitrogens with one attached hydrogen (secondary N) is 5. The lowest BCUT2D eigenvalue weighted by molar-refractivity contribution is -0.176. The van der Waals surface area contributed by atoms with Crippen LogP contribution in [0.2, 0.25) is 0 Å². The average Bonchev–Trinajstić information content (AvgIpc) is 4.25. The summed E-state index contributed by atoms with van der Waals surface area (Å²) in [5.74, 6) is -2.67. The number of nitriles is 3. The number of anilines is 8. The fourth-order valence-electron chi connectivity index (χ4n) is 5.52. The van der Waals surface area contributed by atoms with Crippen LogP contribution in [0.3, 0.4) is 0 Å². The Labute approximate surface area is 506 Å². The first kappa shape index (κ1) is 72.2. The molecule has 83 heavy (non-hydrogen) atoms. The van der Waals surface area contributed by atoms with E-state index in [1.807, 2.05) is 51.1 Å². The van der Waals surface area contributed by atoms with Crippen LogP contribution in [0.25, 0.3) is 0 Å². The maximum absolute atomic E-state index is 12.3. The summed E-state index contributed by atoms with van der Waals surface area (Å²) in [6.07, 6.45) is 0. The van der Waals surface area contributed by atoms with Gasteiger partial charge in [0, 0.05) is 26.0 Å². The Morgan fingerprint density at radius 3 is 1.23 bits per heavy atom. The van der Waals surface area contributed by atoms with Crippen molar-refractivity contribution < 1.29 is 38.9 Å². The summed E-state index contributed by atoms with van der Waals surface area (Å²) in [5.41, 5.74) is 43.9. The van der Waals surface area contributed by atoms with Crippen LogP contribution in [0.15, 0.2) is 99.9 Å². The highest BCUT2D eigenvalue weighted by molar-refractivity contribution is 9.10. The standard InChI is InChI=1S/C14H17N5O2S.C14H15N5OS.C10H10BrN3O.C7H3BrFN.C4H6N2S.C3H8N2O.H2O2/c1-7-5-12(22-19-7)18-11-6-9(17-8(2)13(15)20)3-4-10(11)14(16)21;1-8-5-13(21-19-8)18-12-6-11(4-3-10(12)7-15)17-9(2)14(16)20;1-6(10(13)15)14-8-3-2-7(5-12)9(11)4-8;8-7-3-6(9)2-1-5(7)4-10;1-3-2-4(5)7-6-3;1-2(4)3(5)6;1-2/h3-6,8,17-18H,1-2H3,(H2,15,20)(H2,16,21);3-6,9,17-18H,1-2H3,(H2,16,20);2-4,6,14H,1H3,(H2,13,15);1-3H;2H,5H2,1H3;2H,4H2,1H3,(H2,5,6);1-2H/t8-;9-;6-;;;2-;/m111..1./s1. The number of hydrogen-bond acceptors (Lipinski definition) is 23. The third-order valence-corrected chi connectivity index (χ3v) is 13.5. The second-order valence-electron chi connectivity index (χ2n) is 16.8. The minimum Gasteiger partial charge on any atom is -0.389 e. The summed E-state index contributed by atoms with van der Waals surface area (Å²) in [6.45, 7) is 12.3. The van der Waals surface area contributed by atoms with Gasteiger partial charge in [-0.15, -0.1) is 0 Å². The highest BCUT2D eigenvalue weighted by Gasteiger charge is 2.15. The van der Waals surface area contributed by atoms with E-state index in [1.165, 1.54) is 52.8 Å². The Kier molecular flexibility index (Phi) is 32.4. The first-order chi connectivity index (χ1) is 39.1. The van der Waals surface area contributed by atoms with Crippen molar-refractivity contribution in [1.82, 2.24) is 13.1 Å². The number of primary amides is 5. The second kappa shape index (κ2) is 37.2. The number of halogens is 3. The van der Waals surface area contributed by atoms with Crippen LogP contribution in [0.4, 0.5) is 47.8 Å². The minimum absolute atomic E-state index is 0.342. The molecule has 3 aromatic heterocycles. The minimum atomic E-state index is -0.543. The molecular weight excluding hydrogens is 1260 g/mol. The summed E-state index contributed by atoms with van der Waals surface area (Å²) in [4.78, 5) is 54.3. The van der Waals surface area contributed by atoms with E-state index in [2.05, 4.69) is 83.4 Å². The van der Waals surface area contributed by atoms with Gasteiger partial charge in [0.15, 0.2) is 0 Å². The number of aromatic nitrogens is 3. The third kappa shape index (κ3) is 27.5.